The average Bonchev–Trinajstić information content (AvgIpc) is 3.36. The second kappa shape index (κ2) is 7.52. The van der Waals surface area contributed by atoms with Crippen LogP contribution < -0.4 is 15.4 Å². The van der Waals surface area contributed by atoms with E-state index in [1.54, 1.807) is 7.11 Å². The van der Waals surface area contributed by atoms with Gasteiger partial charge in [-0.15, -0.1) is 0 Å². The minimum Gasteiger partial charge on any atom is -0.384 e. The van der Waals surface area contributed by atoms with Crippen LogP contribution in [0.2, 0.25) is 0 Å². The largest absolute Gasteiger partial charge is 0.384 e. The number of hydrogen-bond acceptors (Lipinski definition) is 5. The summed E-state index contributed by atoms with van der Waals surface area (Å²) < 4.78 is 5.29. The Bertz CT molecular complexity index is 1090. The number of nitrogens with one attached hydrogen (secondary N) is 1. The Kier molecular flexibility index (Phi) is 4.72. The number of rotatable bonds is 5. The van der Waals surface area contributed by atoms with Gasteiger partial charge in [0.2, 0.25) is 0 Å². The van der Waals surface area contributed by atoms with Crippen LogP contribution in [-0.4, -0.2) is 43.3 Å². The number of nitrogens with zero attached hydrogens (tertiary/aromatic N) is 3. The van der Waals surface area contributed by atoms with Gasteiger partial charge in [0.05, 0.1) is 24.1 Å². The van der Waals surface area contributed by atoms with Crippen LogP contribution in [0.25, 0.3) is 10.9 Å². The van der Waals surface area contributed by atoms with E-state index in [0.717, 1.165) is 50.3 Å². The van der Waals surface area contributed by atoms with Crippen molar-refractivity contribution in [3.63, 3.8) is 0 Å². The molecule has 1 atom stereocenters. The third kappa shape index (κ3) is 3.49. The van der Waals surface area contributed by atoms with E-state index in [4.69, 9.17) is 9.72 Å². The highest BCUT2D eigenvalue weighted by molar-refractivity contribution is 5.82. The SMILES string of the molecule is COC[C@H]1CCN(c2ccc3nc(CN4CCc5ccccc54)[nH]c(=O)c3c2)C1. The molecule has 1 N–H and O–H groups in total. The number of anilines is 2. The van der Waals surface area contributed by atoms with E-state index in [2.05, 4.69) is 45.1 Å². The fourth-order valence-electron chi connectivity index (χ4n) is 4.64. The Morgan fingerprint density at radius 3 is 3.00 bits per heavy atom. The zero-order valence-electron chi connectivity index (χ0n) is 16.7. The Balaban J connectivity index is 1.39. The second-order valence-corrected chi connectivity index (χ2v) is 8.07. The zero-order valence-corrected chi connectivity index (χ0v) is 16.7. The number of hydrogen-bond donors (Lipinski definition) is 1. The van der Waals surface area contributed by atoms with E-state index >= 15 is 0 Å². The number of benzene rings is 2. The van der Waals surface area contributed by atoms with E-state index in [1.165, 1.54) is 11.3 Å². The Morgan fingerprint density at radius 1 is 1.21 bits per heavy atom. The van der Waals surface area contributed by atoms with Crippen LogP contribution in [0.15, 0.2) is 47.3 Å². The highest BCUT2D eigenvalue weighted by Gasteiger charge is 2.23. The van der Waals surface area contributed by atoms with E-state index in [9.17, 15) is 4.79 Å². The third-order valence-corrected chi connectivity index (χ3v) is 6.12. The average molecular weight is 390 g/mol. The maximum atomic E-state index is 12.8. The molecule has 0 saturated carbocycles. The van der Waals surface area contributed by atoms with Crippen molar-refractivity contribution in [1.29, 1.82) is 0 Å². The monoisotopic (exact) mass is 390 g/mol. The van der Waals surface area contributed by atoms with Gasteiger partial charge in [0.25, 0.3) is 5.56 Å². The number of aromatic nitrogens is 2. The first-order chi connectivity index (χ1) is 14.2. The topological polar surface area (TPSA) is 61.5 Å². The molecule has 6 nitrogen and oxygen atoms in total. The lowest BCUT2D eigenvalue weighted by molar-refractivity contribution is 0.161. The predicted molar refractivity (Wildman–Crippen MR) is 116 cm³/mol. The summed E-state index contributed by atoms with van der Waals surface area (Å²) in [5, 5.41) is 0.656. The quantitative estimate of drug-likeness (QED) is 0.726. The fraction of sp³-hybridized carbons (Fsp3) is 0.391. The lowest BCUT2D eigenvalue weighted by Gasteiger charge is -2.20. The summed E-state index contributed by atoms with van der Waals surface area (Å²) in [7, 11) is 1.75. The number of ether oxygens (including phenoxy) is 1. The number of para-hydroxylation sites is 1. The number of fused-ring (bicyclic) bond motifs is 2. The first-order valence-corrected chi connectivity index (χ1v) is 10.3. The van der Waals surface area contributed by atoms with Gasteiger partial charge in [-0.3, -0.25) is 4.79 Å². The molecule has 0 bridgehead atoms. The molecule has 2 aliphatic heterocycles. The van der Waals surface area contributed by atoms with Crippen LogP contribution in [0.1, 0.15) is 17.8 Å². The number of aromatic amines is 1. The molecule has 150 valence electrons. The summed E-state index contributed by atoms with van der Waals surface area (Å²) >= 11 is 0. The molecule has 0 spiro atoms. The summed E-state index contributed by atoms with van der Waals surface area (Å²) in [5.74, 6) is 1.27. The maximum absolute atomic E-state index is 12.8. The van der Waals surface area contributed by atoms with Gasteiger partial charge in [0, 0.05) is 44.0 Å². The molecule has 0 aliphatic carbocycles. The molecule has 1 fully saturated rings. The first kappa shape index (κ1) is 18.2. The van der Waals surface area contributed by atoms with Crippen molar-refractivity contribution in [2.75, 3.05) is 43.2 Å². The van der Waals surface area contributed by atoms with E-state index in [1.807, 2.05) is 12.1 Å². The molecule has 5 rings (SSSR count). The molecule has 3 aromatic rings. The molecule has 2 aliphatic rings. The van der Waals surface area contributed by atoms with E-state index in [0.29, 0.717) is 23.7 Å². The standard InChI is InChI=1S/C23H26N4O2/c1-29-15-16-8-10-26(13-16)18-6-7-20-19(12-18)23(28)25-22(24-20)14-27-11-9-17-4-2-3-5-21(17)27/h2-7,12,16H,8-11,13-15H2,1H3,(H,24,25,28)/t16-/m0/s1. The van der Waals surface area contributed by atoms with Crippen molar-refractivity contribution in [2.24, 2.45) is 5.92 Å². The van der Waals surface area contributed by atoms with Crippen molar-refractivity contribution in [3.8, 4) is 0 Å². The van der Waals surface area contributed by atoms with Crippen LogP contribution >= 0.6 is 0 Å². The minimum absolute atomic E-state index is 0.0630. The lowest BCUT2D eigenvalue weighted by Crippen LogP contribution is -2.24. The van der Waals surface area contributed by atoms with Crippen molar-refractivity contribution >= 4 is 22.3 Å². The highest BCUT2D eigenvalue weighted by Crippen LogP contribution is 2.29. The molecular weight excluding hydrogens is 364 g/mol. The van der Waals surface area contributed by atoms with Crippen LogP contribution in [0.4, 0.5) is 11.4 Å². The van der Waals surface area contributed by atoms with Gasteiger partial charge >= 0.3 is 0 Å². The van der Waals surface area contributed by atoms with Gasteiger partial charge in [0.1, 0.15) is 5.82 Å². The summed E-state index contributed by atoms with van der Waals surface area (Å²) in [4.78, 5) is 25.2. The van der Waals surface area contributed by atoms with Crippen LogP contribution in [0.5, 0.6) is 0 Å². The fourth-order valence-corrected chi connectivity index (χ4v) is 4.64. The molecule has 1 aromatic heterocycles. The van der Waals surface area contributed by atoms with Crippen molar-refractivity contribution in [3.05, 3.63) is 64.2 Å². The summed E-state index contributed by atoms with van der Waals surface area (Å²) in [5.41, 5.74) is 4.38. The molecular formula is C23H26N4O2. The van der Waals surface area contributed by atoms with Crippen LogP contribution in [0.3, 0.4) is 0 Å². The molecule has 2 aromatic carbocycles. The van der Waals surface area contributed by atoms with Gasteiger partial charge in [-0.2, -0.15) is 0 Å². The molecule has 6 heteroatoms. The normalized spacial score (nSPS) is 18.6. The zero-order chi connectivity index (χ0) is 19.8. The van der Waals surface area contributed by atoms with E-state index in [-0.39, 0.29) is 5.56 Å². The minimum atomic E-state index is -0.0630. The molecule has 0 amide bonds. The smallest absolute Gasteiger partial charge is 0.258 e. The van der Waals surface area contributed by atoms with Gasteiger partial charge < -0.3 is 19.5 Å². The lowest BCUT2D eigenvalue weighted by atomic mass is 10.1. The summed E-state index contributed by atoms with van der Waals surface area (Å²) in [6.45, 7) is 4.33. The summed E-state index contributed by atoms with van der Waals surface area (Å²) in [6, 6.07) is 14.5. The summed E-state index contributed by atoms with van der Waals surface area (Å²) in [6.07, 6.45) is 2.16. The van der Waals surface area contributed by atoms with Crippen molar-refractivity contribution in [1.82, 2.24) is 9.97 Å². The van der Waals surface area contributed by atoms with Gasteiger partial charge in [-0.1, -0.05) is 18.2 Å². The molecule has 0 unspecified atom stereocenters. The van der Waals surface area contributed by atoms with Gasteiger partial charge in [-0.25, -0.2) is 4.98 Å². The number of H-pyrrole nitrogens is 1. The highest BCUT2D eigenvalue weighted by atomic mass is 16.5. The molecule has 1 saturated heterocycles. The van der Waals surface area contributed by atoms with Gasteiger partial charge in [-0.05, 0) is 42.7 Å². The molecule has 3 heterocycles. The second-order valence-electron chi connectivity index (χ2n) is 8.07. The van der Waals surface area contributed by atoms with Crippen molar-refractivity contribution < 1.29 is 4.74 Å². The predicted octanol–water partition coefficient (Wildman–Crippen LogP) is 2.96. The third-order valence-electron chi connectivity index (χ3n) is 6.12. The Hall–Kier alpha value is -2.86. The molecule has 29 heavy (non-hydrogen) atoms. The number of methoxy groups -OCH3 is 1. The first-order valence-electron chi connectivity index (χ1n) is 10.3. The van der Waals surface area contributed by atoms with Crippen LogP contribution in [0, 0.1) is 5.92 Å². The van der Waals surface area contributed by atoms with Crippen molar-refractivity contribution in [2.45, 2.75) is 19.4 Å². The van der Waals surface area contributed by atoms with E-state index < -0.39 is 0 Å². The molecule has 0 radical (unpaired) electrons. The maximum Gasteiger partial charge on any atom is 0.258 e. The van der Waals surface area contributed by atoms with Gasteiger partial charge in [0.15, 0.2) is 0 Å². The Labute approximate surface area is 170 Å². The Morgan fingerprint density at radius 2 is 2.10 bits per heavy atom. The van der Waals surface area contributed by atoms with Crippen LogP contribution in [-0.2, 0) is 17.7 Å².